The van der Waals surface area contributed by atoms with Crippen molar-refractivity contribution in [2.45, 2.75) is 39.0 Å². The van der Waals surface area contributed by atoms with Crippen molar-refractivity contribution in [3.8, 4) is 0 Å². The monoisotopic (exact) mass is 297 g/mol. The molecule has 0 aromatic rings. The van der Waals surface area contributed by atoms with Crippen LogP contribution in [0.15, 0.2) is 0 Å². The van der Waals surface area contributed by atoms with E-state index in [-0.39, 0.29) is 24.5 Å². The van der Waals surface area contributed by atoms with Gasteiger partial charge in [0.25, 0.3) is 0 Å². The van der Waals surface area contributed by atoms with Crippen molar-refractivity contribution in [3.63, 3.8) is 0 Å². The highest BCUT2D eigenvalue weighted by Gasteiger charge is 2.12. The van der Waals surface area contributed by atoms with Crippen LogP contribution in [0.1, 0.15) is 20.8 Å². The zero-order chi connectivity index (χ0) is 14.9. The van der Waals surface area contributed by atoms with Gasteiger partial charge in [0.15, 0.2) is 0 Å². The molecule has 0 fully saturated rings. The molecule has 0 aliphatic rings. The largest absolute Gasteiger partial charge is 0.389 e. The summed E-state index contributed by atoms with van der Waals surface area (Å²) in [5, 5.41) is 12.6. The molecule has 0 spiro atoms. The van der Waals surface area contributed by atoms with Gasteiger partial charge in [0, 0.05) is 18.8 Å². The van der Waals surface area contributed by atoms with Crippen LogP contribution in [0.25, 0.3) is 0 Å². The summed E-state index contributed by atoms with van der Waals surface area (Å²) in [7, 11) is -3.00. The number of hydrogen-bond acceptors (Lipinski definition) is 6. The van der Waals surface area contributed by atoms with Crippen LogP contribution in [-0.2, 0) is 19.3 Å². The Bertz CT molecular complexity index is 318. The molecular weight excluding hydrogens is 270 g/mol. The third-order valence-corrected chi connectivity index (χ3v) is 3.35. The third-order valence-electron chi connectivity index (χ3n) is 2.24. The van der Waals surface area contributed by atoms with Gasteiger partial charge in [-0.2, -0.15) is 0 Å². The predicted molar refractivity (Wildman–Crippen MR) is 75.1 cm³/mol. The summed E-state index contributed by atoms with van der Waals surface area (Å²) in [6.07, 6.45) is 0.715. The maximum Gasteiger partial charge on any atom is 0.148 e. The van der Waals surface area contributed by atoms with Crippen LogP contribution in [-0.4, -0.2) is 70.1 Å². The minimum Gasteiger partial charge on any atom is -0.389 e. The number of aliphatic hydroxyl groups excluding tert-OH is 1. The van der Waals surface area contributed by atoms with Crippen molar-refractivity contribution < 1.29 is 23.0 Å². The van der Waals surface area contributed by atoms with Crippen molar-refractivity contribution in [2.75, 3.05) is 38.4 Å². The number of sulfone groups is 1. The summed E-state index contributed by atoms with van der Waals surface area (Å²) in [6.45, 7) is 7.12. The standard InChI is InChI=1S/C12H27NO5S/c1-10(2)18-6-5-17-8-12(14)7-13-11(3)9-19(4,15)16/h10-14H,5-9H2,1-4H3. The second-order valence-electron chi connectivity index (χ2n) is 5.05. The van der Waals surface area contributed by atoms with E-state index in [1.807, 2.05) is 13.8 Å². The Balaban J connectivity index is 3.56. The lowest BCUT2D eigenvalue weighted by Gasteiger charge is -2.16. The van der Waals surface area contributed by atoms with Crippen LogP contribution >= 0.6 is 0 Å². The smallest absolute Gasteiger partial charge is 0.148 e. The molecule has 7 heteroatoms. The predicted octanol–water partition coefficient (Wildman–Crippen LogP) is -0.188. The maximum atomic E-state index is 11.0. The average Bonchev–Trinajstić information content (AvgIpc) is 2.23. The quantitative estimate of drug-likeness (QED) is 0.514. The summed E-state index contributed by atoms with van der Waals surface area (Å²) >= 11 is 0. The summed E-state index contributed by atoms with van der Waals surface area (Å²) in [5.74, 6) is 0.0583. The SMILES string of the molecule is CC(CS(C)(=O)=O)NCC(O)COCCOC(C)C. The number of rotatable bonds is 11. The van der Waals surface area contributed by atoms with Crippen molar-refractivity contribution >= 4 is 9.84 Å². The second kappa shape index (κ2) is 9.66. The number of ether oxygens (including phenoxy) is 2. The second-order valence-corrected chi connectivity index (χ2v) is 7.23. The molecule has 0 rings (SSSR count). The van der Waals surface area contributed by atoms with Crippen molar-refractivity contribution in [3.05, 3.63) is 0 Å². The van der Waals surface area contributed by atoms with E-state index in [9.17, 15) is 13.5 Å². The van der Waals surface area contributed by atoms with Gasteiger partial charge in [-0.3, -0.25) is 0 Å². The van der Waals surface area contributed by atoms with E-state index in [4.69, 9.17) is 9.47 Å². The first-order valence-corrected chi connectivity index (χ1v) is 8.55. The fourth-order valence-corrected chi connectivity index (χ4v) is 2.50. The summed E-state index contributed by atoms with van der Waals surface area (Å²) in [4.78, 5) is 0. The van der Waals surface area contributed by atoms with E-state index in [0.29, 0.717) is 19.8 Å². The first-order chi connectivity index (χ1) is 8.70. The van der Waals surface area contributed by atoms with E-state index >= 15 is 0 Å². The van der Waals surface area contributed by atoms with Crippen LogP contribution in [0.3, 0.4) is 0 Å². The first-order valence-electron chi connectivity index (χ1n) is 6.49. The average molecular weight is 297 g/mol. The molecule has 0 amide bonds. The topological polar surface area (TPSA) is 84.9 Å². The Hall–Kier alpha value is -0.210. The van der Waals surface area contributed by atoms with Gasteiger partial charge in [-0.1, -0.05) is 0 Å². The Kier molecular flexibility index (Phi) is 9.55. The van der Waals surface area contributed by atoms with Crippen LogP contribution in [0.4, 0.5) is 0 Å². The summed E-state index contributed by atoms with van der Waals surface area (Å²) in [5.41, 5.74) is 0. The molecule has 0 aromatic heterocycles. The van der Waals surface area contributed by atoms with Gasteiger partial charge in [-0.05, 0) is 20.8 Å². The van der Waals surface area contributed by atoms with Crippen LogP contribution < -0.4 is 5.32 Å². The van der Waals surface area contributed by atoms with E-state index in [2.05, 4.69) is 5.32 Å². The van der Waals surface area contributed by atoms with E-state index in [1.165, 1.54) is 6.26 Å². The Morgan fingerprint density at radius 1 is 1.21 bits per heavy atom. The molecular formula is C12H27NO5S. The minimum atomic E-state index is -3.00. The van der Waals surface area contributed by atoms with E-state index < -0.39 is 15.9 Å². The summed E-state index contributed by atoms with van der Waals surface area (Å²) < 4.78 is 32.6. The molecule has 0 bridgehead atoms. The van der Waals surface area contributed by atoms with E-state index in [1.54, 1.807) is 6.92 Å². The zero-order valence-corrected chi connectivity index (χ0v) is 13.1. The molecule has 2 atom stereocenters. The highest BCUT2D eigenvalue weighted by Crippen LogP contribution is 1.92. The highest BCUT2D eigenvalue weighted by molar-refractivity contribution is 7.90. The third kappa shape index (κ3) is 14.0. The molecule has 2 unspecified atom stereocenters. The lowest BCUT2D eigenvalue weighted by molar-refractivity contribution is -0.0103. The Labute approximate surface area is 116 Å². The zero-order valence-electron chi connectivity index (χ0n) is 12.3. The normalized spacial score (nSPS) is 15.7. The van der Waals surface area contributed by atoms with Gasteiger partial charge in [-0.25, -0.2) is 8.42 Å². The molecule has 0 heterocycles. The fraction of sp³-hybridized carbons (Fsp3) is 1.00. The van der Waals surface area contributed by atoms with Crippen LogP contribution in [0, 0.1) is 0 Å². The summed E-state index contributed by atoms with van der Waals surface area (Å²) in [6, 6.07) is -0.186. The molecule has 0 aliphatic heterocycles. The molecule has 116 valence electrons. The number of aliphatic hydroxyl groups is 1. The lowest BCUT2D eigenvalue weighted by atomic mass is 10.3. The Morgan fingerprint density at radius 2 is 1.84 bits per heavy atom. The molecule has 0 saturated carbocycles. The van der Waals surface area contributed by atoms with Gasteiger partial charge in [0.05, 0.1) is 37.8 Å². The van der Waals surface area contributed by atoms with Gasteiger partial charge >= 0.3 is 0 Å². The van der Waals surface area contributed by atoms with Crippen molar-refractivity contribution in [2.24, 2.45) is 0 Å². The molecule has 0 aromatic carbocycles. The molecule has 0 saturated heterocycles. The fourth-order valence-electron chi connectivity index (χ4n) is 1.47. The van der Waals surface area contributed by atoms with Gasteiger partial charge in [0.2, 0.25) is 0 Å². The molecule has 2 N–H and O–H groups in total. The number of hydrogen-bond donors (Lipinski definition) is 2. The highest BCUT2D eigenvalue weighted by atomic mass is 32.2. The molecule has 0 radical (unpaired) electrons. The molecule has 0 aliphatic carbocycles. The lowest BCUT2D eigenvalue weighted by Crippen LogP contribution is -2.39. The maximum absolute atomic E-state index is 11.0. The molecule has 6 nitrogen and oxygen atoms in total. The van der Waals surface area contributed by atoms with Gasteiger partial charge in [0.1, 0.15) is 9.84 Å². The van der Waals surface area contributed by atoms with Crippen LogP contribution in [0.2, 0.25) is 0 Å². The van der Waals surface area contributed by atoms with Gasteiger partial charge in [-0.15, -0.1) is 0 Å². The number of nitrogens with one attached hydrogen (secondary N) is 1. The van der Waals surface area contributed by atoms with Crippen molar-refractivity contribution in [1.29, 1.82) is 0 Å². The molecule has 19 heavy (non-hydrogen) atoms. The van der Waals surface area contributed by atoms with Gasteiger partial charge < -0.3 is 19.9 Å². The van der Waals surface area contributed by atoms with Crippen LogP contribution in [0.5, 0.6) is 0 Å². The van der Waals surface area contributed by atoms with Crippen molar-refractivity contribution in [1.82, 2.24) is 5.32 Å². The van der Waals surface area contributed by atoms with E-state index in [0.717, 1.165) is 0 Å². The minimum absolute atomic E-state index is 0.0583. The Morgan fingerprint density at radius 3 is 2.37 bits per heavy atom. The first kappa shape index (κ1) is 18.8.